The Kier molecular flexibility index (Phi) is 5.11. The highest BCUT2D eigenvalue weighted by Crippen LogP contribution is 2.44. The summed E-state index contributed by atoms with van der Waals surface area (Å²) in [6.45, 7) is 5.25. The summed E-state index contributed by atoms with van der Waals surface area (Å²) in [5.41, 5.74) is 3.20. The Morgan fingerprint density at radius 2 is 1.79 bits per heavy atom. The van der Waals surface area contributed by atoms with E-state index in [2.05, 4.69) is 24.0 Å². The van der Waals surface area contributed by atoms with Gasteiger partial charge in [-0.25, -0.2) is 9.59 Å². The lowest BCUT2D eigenvalue weighted by molar-refractivity contribution is -0.144. The van der Waals surface area contributed by atoms with Crippen molar-refractivity contribution in [2.24, 2.45) is 0 Å². The fourth-order valence-electron chi connectivity index (χ4n) is 4.39. The van der Waals surface area contributed by atoms with Gasteiger partial charge in [0, 0.05) is 25.6 Å². The molecule has 2 aromatic carbocycles. The van der Waals surface area contributed by atoms with Crippen LogP contribution in [0.4, 0.5) is 4.79 Å². The molecule has 1 aliphatic carbocycles. The zero-order valence-corrected chi connectivity index (χ0v) is 16.1. The topological polar surface area (TPSA) is 78.9 Å². The molecule has 150 valence electrons. The van der Waals surface area contributed by atoms with Gasteiger partial charge in [0.15, 0.2) is 5.54 Å². The molecule has 1 aliphatic heterocycles. The molecule has 6 nitrogen and oxygen atoms in total. The second-order valence-electron chi connectivity index (χ2n) is 7.61. The van der Waals surface area contributed by atoms with E-state index in [4.69, 9.17) is 4.74 Å². The van der Waals surface area contributed by atoms with Gasteiger partial charge >= 0.3 is 12.1 Å². The number of amides is 1. The monoisotopic (exact) mass is 392 g/mol. The van der Waals surface area contributed by atoms with Crippen molar-refractivity contribution in [1.29, 1.82) is 0 Å². The van der Waals surface area contributed by atoms with Gasteiger partial charge in [0.1, 0.15) is 6.61 Å². The van der Waals surface area contributed by atoms with Crippen molar-refractivity contribution in [2.75, 3.05) is 26.2 Å². The molecular formula is C23H24N2O4. The summed E-state index contributed by atoms with van der Waals surface area (Å²) in [6.07, 6.45) is 1.36. The van der Waals surface area contributed by atoms with Gasteiger partial charge in [-0.3, -0.25) is 4.90 Å². The number of benzene rings is 2. The Hall–Kier alpha value is -3.12. The molecule has 0 unspecified atom stereocenters. The SMILES string of the molecule is C=CCN1CC[C@@](NC(=O)OCC2c3ccccc3-c3ccccc32)(C(=O)O)C1. The van der Waals surface area contributed by atoms with Crippen molar-refractivity contribution in [1.82, 2.24) is 10.2 Å². The van der Waals surface area contributed by atoms with Gasteiger partial charge in [0.2, 0.25) is 0 Å². The van der Waals surface area contributed by atoms with Crippen LogP contribution in [0.25, 0.3) is 11.1 Å². The number of nitrogens with zero attached hydrogens (tertiary/aromatic N) is 1. The second-order valence-corrected chi connectivity index (χ2v) is 7.61. The van der Waals surface area contributed by atoms with Crippen LogP contribution in [0.15, 0.2) is 61.2 Å². The molecule has 1 atom stereocenters. The summed E-state index contributed by atoms with van der Waals surface area (Å²) in [6, 6.07) is 16.2. The van der Waals surface area contributed by atoms with Crippen molar-refractivity contribution in [3.63, 3.8) is 0 Å². The Labute approximate surface area is 169 Å². The number of ether oxygens (including phenoxy) is 1. The van der Waals surface area contributed by atoms with E-state index in [0.717, 1.165) is 22.3 Å². The minimum Gasteiger partial charge on any atom is -0.479 e. The molecule has 1 fully saturated rings. The van der Waals surface area contributed by atoms with Crippen LogP contribution in [0, 0.1) is 0 Å². The van der Waals surface area contributed by atoms with E-state index in [1.54, 1.807) is 6.08 Å². The number of nitrogens with one attached hydrogen (secondary N) is 1. The van der Waals surface area contributed by atoms with Gasteiger partial charge in [0.05, 0.1) is 0 Å². The van der Waals surface area contributed by atoms with E-state index < -0.39 is 17.6 Å². The zero-order valence-electron chi connectivity index (χ0n) is 16.1. The van der Waals surface area contributed by atoms with E-state index in [9.17, 15) is 14.7 Å². The minimum absolute atomic E-state index is 0.0604. The van der Waals surface area contributed by atoms with Gasteiger partial charge in [-0.05, 0) is 28.7 Å². The molecule has 29 heavy (non-hydrogen) atoms. The highest BCUT2D eigenvalue weighted by molar-refractivity contribution is 5.85. The molecular weight excluding hydrogens is 368 g/mol. The number of rotatable bonds is 6. The van der Waals surface area contributed by atoms with Crippen LogP contribution in [0.1, 0.15) is 23.5 Å². The molecule has 4 rings (SSSR count). The van der Waals surface area contributed by atoms with Crippen LogP contribution in [-0.2, 0) is 9.53 Å². The van der Waals surface area contributed by atoms with Crippen molar-refractivity contribution in [3.05, 3.63) is 72.3 Å². The number of alkyl carbamates (subject to hydrolysis) is 1. The lowest BCUT2D eigenvalue weighted by atomic mass is 9.98. The predicted octanol–water partition coefficient (Wildman–Crippen LogP) is 3.24. The Balaban J connectivity index is 1.46. The highest BCUT2D eigenvalue weighted by atomic mass is 16.5. The Morgan fingerprint density at radius 1 is 1.17 bits per heavy atom. The fourth-order valence-corrected chi connectivity index (χ4v) is 4.39. The number of likely N-dealkylation sites (tertiary alicyclic amines) is 1. The molecule has 0 saturated carbocycles. The third-order valence-corrected chi connectivity index (χ3v) is 5.83. The quantitative estimate of drug-likeness (QED) is 0.738. The van der Waals surface area contributed by atoms with E-state index in [0.29, 0.717) is 19.5 Å². The first-order chi connectivity index (χ1) is 14.0. The number of fused-ring (bicyclic) bond motifs is 3. The maximum absolute atomic E-state index is 12.5. The van der Waals surface area contributed by atoms with E-state index in [1.807, 2.05) is 41.3 Å². The summed E-state index contributed by atoms with van der Waals surface area (Å²) in [4.78, 5) is 26.3. The van der Waals surface area contributed by atoms with Gasteiger partial charge in [-0.15, -0.1) is 6.58 Å². The maximum Gasteiger partial charge on any atom is 0.408 e. The van der Waals surface area contributed by atoms with Crippen molar-refractivity contribution in [3.8, 4) is 11.1 Å². The normalized spacial score (nSPS) is 20.7. The van der Waals surface area contributed by atoms with Crippen molar-refractivity contribution in [2.45, 2.75) is 17.9 Å². The minimum atomic E-state index is -1.33. The number of carbonyl (C=O) groups excluding carboxylic acids is 1. The second kappa shape index (κ2) is 7.72. The highest BCUT2D eigenvalue weighted by Gasteiger charge is 2.46. The molecule has 0 bridgehead atoms. The van der Waals surface area contributed by atoms with Crippen LogP contribution in [0.3, 0.4) is 0 Å². The van der Waals surface area contributed by atoms with Gasteiger partial charge in [0.25, 0.3) is 0 Å². The van der Waals surface area contributed by atoms with Crippen molar-refractivity contribution < 1.29 is 19.4 Å². The average Bonchev–Trinajstić information content (AvgIpc) is 3.27. The number of hydrogen-bond acceptors (Lipinski definition) is 4. The standard InChI is InChI=1S/C23H24N2O4/c1-2-12-25-13-11-23(15-25,21(26)27)24-22(28)29-14-20-18-9-5-3-7-16(18)17-8-4-6-10-19(17)20/h2-10,20H,1,11-15H2,(H,24,28)(H,26,27)/t23-/m0/s1. The summed E-state index contributed by atoms with van der Waals surface area (Å²) in [7, 11) is 0. The largest absolute Gasteiger partial charge is 0.479 e. The summed E-state index contributed by atoms with van der Waals surface area (Å²) >= 11 is 0. The fraction of sp³-hybridized carbons (Fsp3) is 0.304. The molecule has 1 heterocycles. The molecule has 0 aromatic heterocycles. The third-order valence-electron chi connectivity index (χ3n) is 5.83. The number of carbonyl (C=O) groups is 2. The van der Waals surface area contributed by atoms with Gasteiger partial charge in [-0.2, -0.15) is 0 Å². The molecule has 1 saturated heterocycles. The number of aliphatic carboxylic acids is 1. The van der Waals surface area contributed by atoms with Crippen LogP contribution in [-0.4, -0.2) is 53.8 Å². The average molecular weight is 392 g/mol. The molecule has 2 aliphatic rings. The van der Waals surface area contributed by atoms with Crippen LogP contribution in [0.2, 0.25) is 0 Å². The predicted molar refractivity (Wildman–Crippen MR) is 110 cm³/mol. The molecule has 2 aromatic rings. The molecule has 0 radical (unpaired) electrons. The third kappa shape index (κ3) is 3.51. The smallest absolute Gasteiger partial charge is 0.408 e. The Bertz CT molecular complexity index is 912. The first-order valence-corrected chi connectivity index (χ1v) is 9.74. The first-order valence-electron chi connectivity index (χ1n) is 9.74. The Morgan fingerprint density at radius 3 is 2.38 bits per heavy atom. The lowest BCUT2D eigenvalue weighted by Gasteiger charge is -2.26. The number of hydrogen-bond donors (Lipinski definition) is 2. The summed E-state index contributed by atoms with van der Waals surface area (Å²) in [5, 5.41) is 12.3. The number of carboxylic acid groups (broad SMARTS) is 1. The molecule has 1 amide bonds. The lowest BCUT2D eigenvalue weighted by Crippen LogP contribution is -2.56. The van der Waals surface area contributed by atoms with E-state index in [-0.39, 0.29) is 19.1 Å². The van der Waals surface area contributed by atoms with Gasteiger partial charge < -0.3 is 15.2 Å². The van der Waals surface area contributed by atoms with E-state index >= 15 is 0 Å². The molecule has 0 spiro atoms. The zero-order chi connectivity index (χ0) is 20.4. The summed E-state index contributed by atoms with van der Waals surface area (Å²) in [5.74, 6) is -1.10. The van der Waals surface area contributed by atoms with Crippen LogP contribution in [0.5, 0.6) is 0 Å². The molecule has 2 N–H and O–H groups in total. The van der Waals surface area contributed by atoms with Crippen LogP contribution < -0.4 is 5.32 Å². The van der Waals surface area contributed by atoms with E-state index in [1.165, 1.54) is 0 Å². The van der Waals surface area contributed by atoms with Crippen LogP contribution >= 0.6 is 0 Å². The summed E-state index contributed by atoms with van der Waals surface area (Å²) < 4.78 is 5.52. The maximum atomic E-state index is 12.5. The number of carboxylic acids is 1. The molecule has 6 heteroatoms. The van der Waals surface area contributed by atoms with Gasteiger partial charge in [-0.1, -0.05) is 54.6 Å². The first kappa shape index (κ1) is 19.2. The van der Waals surface area contributed by atoms with Crippen molar-refractivity contribution >= 4 is 12.1 Å².